The molecule has 0 radical (unpaired) electrons. The number of thioether (sulfide) groups is 1. The molecule has 2 heterocycles. The predicted octanol–water partition coefficient (Wildman–Crippen LogP) is 2.61. The molecule has 0 saturated carbocycles. The van der Waals surface area contributed by atoms with Crippen molar-refractivity contribution in [2.24, 2.45) is 7.05 Å². The maximum atomic E-state index is 12.5. The third-order valence-corrected chi connectivity index (χ3v) is 5.26. The number of esters is 1. The van der Waals surface area contributed by atoms with E-state index in [4.69, 9.17) is 9.47 Å². The summed E-state index contributed by atoms with van der Waals surface area (Å²) in [6, 6.07) is 6.74. The zero-order valence-corrected chi connectivity index (χ0v) is 18.6. The van der Waals surface area contributed by atoms with E-state index < -0.39 is 5.97 Å². The number of amides is 1. The van der Waals surface area contributed by atoms with Crippen LogP contribution in [0.1, 0.15) is 24.2 Å². The molecule has 0 aliphatic rings. The van der Waals surface area contributed by atoms with Crippen molar-refractivity contribution in [3.63, 3.8) is 0 Å². The van der Waals surface area contributed by atoms with Gasteiger partial charge in [0.25, 0.3) is 0 Å². The zero-order chi connectivity index (χ0) is 22.4. The van der Waals surface area contributed by atoms with E-state index in [2.05, 4.69) is 20.6 Å². The third-order valence-electron chi connectivity index (χ3n) is 4.29. The van der Waals surface area contributed by atoms with E-state index >= 15 is 0 Å². The van der Waals surface area contributed by atoms with Crippen LogP contribution in [0.5, 0.6) is 5.88 Å². The summed E-state index contributed by atoms with van der Waals surface area (Å²) < 4.78 is 13.9. The van der Waals surface area contributed by atoms with Gasteiger partial charge in [-0.3, -0.25) is 9.48 Å². The molecule has 0 aliphatic heterocycles. The van der Waals surface area contributed by atoms with Crippen molar-refractivity contribution in [1.29, 1.82) is 0 Å². The Kier molecular flexibility index (Phi) is 7.29. The van der Waals surface area contributed by atoms with Crippen LogP contribution in [-0.4, -0.2) is 55.9 Å². The standard InChI is InChI=1S/C20H24N6O4S/c1-5-26-17(14-11-25(3)24-18(14)29-4)22-23-20(26)31-12-16(27)21-15-10-8-7-9-13(15)19(28)30-6-2/h7-11H,5-6,12H2,1-4H3,(H,21,27). The molecule has 0 spiro atoms. The number of anilines is 1. The summed E-state index contributed by atoms with van der Waals surface area (Å²) in [5.74, 6) is 0.414. The lowest BCUT2D eigenvalue weighted by Gasteiger charge is -2.10. The van der Waals surface area contributed by atoms with Crippen LogP contribution in [-0.2, 0) is 23.1 Å². The van der Waals surface area contributed by atoms with Gasteiger partial charge in [-0.1, -0.05) is 23.9 Å². The molecule has 164 valence electrons. The summed E-state index contributed by atoms with van der Waals surface area (Å²) in [5.41, 5.74) is 1.44. The van der Waals surface area contributed by atoms with E-state index in [1.807, 2.05) is 17.7 Å². The largest absolute Gasteiger partial charge is 0.479 e. The van der Waals surface area contributed by atoms with Crippen LogP contribution in [0.2, 0.25) is 0 Å². The highest BCUT2D eigenvalue weighted by molar-refractivity contribution is 7.99. The topological polar surface area (TPSA) is 113 Å². The molecule has 0 fully saturated rings. The van der Waals surface area contributed by atoms with E-state index in [1.165, 1.54) is 11.8 Å². The number of aryl methyl sites for hydroxylation is 1. The van der Waals surface area contributed by atoms with E-state index in [0.29, 0.717) is 34.7 Å². The lowest BCUT2D eigenvalue weighted by molar-refractivity contribution is -0.113. The Hall–Kier alpha value is -3.34. The van der Waals surface area contributed by atoms with Crippen molar-refractivity contribution < 1.29 is 19.1 Å². The van der Waals surface area contributed by atoms with Gasteiger partial charge in [-0.15, -0.1) is 15.3 Å². The minimum Gasteiger partial charge on any atom is -0.479 e. The van der Waals surface area contributed by atoms with Crippen LogP contribution >= 0.6 is 11.8 Å². The summed E-state index contributed by atoms with van der Waals surface area (Å²) in [5, 5.41) is 16.1. The fraction of sp³-hybridized carbons (Fsp3) is 0.350. The molecule has 10 nitrogen and oxygen atoms in total. The first-order chi connectivity index (χ1) is 15.0. The van der Waals surface area contributed by atoms with Crippen LogP contribution in [0, 0.1) is 0 Å². The molecule has 3 rings (SSSR count). The maximum Gasteiger partial charge on any atom is 0.340 e. The second kappa shape index (κ2) is 10.1. The van der Waals surface area contributed by atoms with Crippen LogP contribution < -0.4 is 10.1 Å². The van der Waals surface area contributed by atoms with Crippen molar-refractivity contribution in [3.05, 3.63) is 36.0 Å². The zero-order valence-electron chi connectivity index (χ0n) is 17.8. The summed E-state index contributed by atoms with van der Waals surface area (Å²) in [7, 11) is 3.35. The molecule has 0 unspecified atom stereocenters. The number of para-hydroxylation sites is 1. The fourth-order valence-corrected chi connectivity index (χ4v) is 3.75. The number of carbonyl (C=O) groups is 2. The molecule has 1 N–H and O–H groups in total. The summed E-state index contributed by atoms with van der Waals surface area (Å²) >= 11 is 1.25. The molecule has 0 atom stereocenters. The number of methoxy groups -OCH3 is 1. The van der Waals surface area contributed by atoms with Gasteiger partial charge in [0.15, 0.2) is 11.0 Å². The number of rotatable bonds is 9. The Morgan fingerprint density at radius 2 is 1.97 bits per heavy atom. The van der Waals surface area contributed by atoms with Gasteiger partial charge < -0.3 is 19.4 Å². The van der Waals surface area contributed by atoms with Crippen molar-refractivity contribution in [2.45, 2.75) is 25.5 Å². The molecule has 0 aliphatic carbocycles. The molecule has 0 bridgehead atoms. The van der Waals surface area contributed by atoms with Crippen molar-refractivity contribution in [1.82, 2.24) is 24.5 Å². The molecule has 0 saturated heterocycles. The highest BCUT2D eigenvalue weighted by Crippen LogP contribution is 2.30. The Morgan fingerprint density at radius 1 is 1.19 bits per heavy atom. The molecular formula is C20H24N6O4S. The summed E-state index contributed by atoms with van der Waals surface area (Å²) in [6.07, 6.45) is 1.81. The fourth-order valence-electron chi connectivity index (χ4n) is 2.95. The second-order valence-corrected chi connectivity index (χ2v) is 7.32. The van der Waals surface area contributed by atoms with Crippen molar-refractivity contribution >= 4 is 29.3 Å². The molecule has 1 aromatic carbocycles. The molecule has 11 heteroatoms. The van der Waals surface area contributed by atoms with E-state index in [-0.39, 0.29) is 18.3 Å². The first-order valence-electron chi connectivity index (χ1n) is 9.68. The van der Waals surface area contributed by atoms with E-state index in [9.17, 15) is 9.59 Å². The average Bonchev–Trinajstić information content (AvgIpc) is 3.34. The number of ether oxygens (including phenoxy) is 2. The van der Waals surface area contributed by atoms with Crippen LogP contribution in [0.25, 0.3) is 11.4 Å². The number of nitrogens with zero attached hydrogens (tertiary/aromatic N) is 5. The quantitative estimate of drug-likeness (QED) is 0.396. The predicted molar refractivity (Wildman–Crippen MR) is 116 cm³/mol. The Bertz CT molecular complexity index is 1080. The summed E-state index contributed by atoms with van der Waals surface area (Å²) in [4.78, 5) is 24.6. The van der Waals surface area contributed by atoms with Crippen LogP contribution in [0.15, 0.2) is 35.6 Å². The first-order valence-corrected chi connectivity index (χ1v) is 10.7. The van der Waals surface area contributed by atoms with Crippen LogP contribution in [0.3, 0.4) is 0 Å². The van der Waals surface area contributed by atoms with Gasteiger partial charge in [-0.25, -0.2) is 4.79 Å². The number of carbonyl (C=O) groups excluding carboxylic acids is 2. The van der Waals surface area contributed by atoms with Gasteiger partial charge in [0.2, 0.25) is 11.8 Å². The Balaban J connectivity index is 1.72. The molecule has 1 amide bonds. The van der Waals surface area contributed by atoms with Gasteiger partial charge in [-0.05, 0) is 26.0 Å². The first kappa shape index (κ1) is 22.3. The monoisotopic (exact) mass is 444 g/mol. The number of aromatic nitrogens is 5. The van der Waals surface area contributed by atoms with Gasteiger partial charge in [0, 0.05) is 19.8 Å². The number of hydrogen-bond acceptors (Lipinski definition) is 8. The van der Waals surface area contributed by atoms with Gasteiger partial charge in [0.1, 0.15) is 5.56 Å². The number of benzene rings is 1. The minimum absolute atomic E-state index is 0.0967. The molecular weight excluding hydrogens is 420 g/mol. The highest BCUT2D eigenvalue weighted by Gasteiger charge is 2.20. The number of hydrogen-bond donors (Lipinski definition) is 1. The second-order valence-electron chi connectivity index (χ2n) is 6.38. The molecule has 3 aromatic rings. The highest BCUT2D eigenvalue weighted by atomic mass is 32.2. The van der Waals surface area contributed by atoms with Gasteiger partial charge in [0.05, 0.1) is 30.7 Å². The minimum atomic E-state index is -0.480. The lowest BCUT2D eigenvalue weighted by Crippen LogP contribution is -2.17. The summed E-state index contributed by atoms with van der Waals surface area (Å²) in [6.45, 7) is 4.56. The average molecular weight is 445 g/mol. The van der Waals surface area contributed by atoms with Gasteiger partial charge >= 0.3 is 5.97 Å². The number of nitrogens with one attached hydrogen (secondary N) is 1. The SMILES string of the molecule is CCOC(=O)c1ccccc1NC(=O)CSc1nnc(-c2cn(C)nc2OC)n1CC. The van der Waals surface area contributed by atoms with E-state index in [1.54, 1.807) is 50.0 Å². The smallest absolute Gasteiger partial charge is 0.340 e. The Morgan fingerprint density at radius 3 is 2.68 bits per heavy atom. The normalized spacial score (nSPS) is 10.7. The van der Waals surface area contributed by atoms with Crippen molar-refractivity contribution in [2.75, 3.05) is 24.8 Å². The van der Waals surface area contributed by atoms with Crippen molar-refractivity contribution in [3.8, 4) is 17.3 Å². The maximum absolute atomic E-state index is 12.5. The van der Waals surface area contributed by atoms with Gasteiger partial charge in [-0.2, -0.15) is 0 Å². The molecule has 2 aromatic heterocycles. The molecule has 31 heavy (non-hydrogen) atoms. The third kappa shape index (κ3) is 5.05. The lowest BCUT2D eigenvalue weighted by atomic mass is 10.2. The Labute approximate surface area is 183 Å². The van der Waals surface area contributed by atoms with Crippen LogP contribution in [0.4, 0.5) is 5.69 Å². The van der Waals surface area contributed by atoms with E-state index in [0.717, 1.165) is 5.56 Å².